The molecule has 2 heterocycles. The van der Waals surface area contributed by atoms with E-state index in [4.69, 9.17) is 0 Å². The van der Waals surface area contributed by atoms with Gasteiger partial charge in [-0.25, -0.2) is 4.98 Å². The van der Waals surface area contributed by atoms with E-state index in [9.17, 15) is 4.79 Å². The van der Waals surface area contributed by atoms with E-state index in [1.165, 1.54) is 11.3 Å². The minimum absolute atomic E-state index is 0.301. The Balaban J connectivity index is 2.09. The first-order chi connectivity index (χ1) is 7.79. The zero-order chi connectivity index (χ0) is 11.4. The van der Waals surface area contributed by atoms with Gasteiger partial charge in [-0.15, -0.1) is 10.2 Å². The van der Waals surface area contributed by atoms with Crippen LogP contribution in [-0.2, 0) is 0 Å². The Morgan fingerprint density at radius 1 is 1.38 bits per heavy atom. The number of nitrogens with zero attached hydrogens (tertiary/aromatic N) is 3. The smallest absolute Gasteiger partial charge is 0.287 e. The Hall–Kier alpha value is -2.02. The van der Waals surface area contributed by atoms with E-state index in [2.05, 4.69) is 25.8 Å². The van der Waals surface area contributed by atoms with E-state index < -0.39 is 0 Å². The first-order valence-corrected chi connectivity index (χ1v) is 5.35. The van der Waals surface area contributed by atoms with Crippen LogP contribution < -0.4 is 10.6 Å². The Kier molecular flexibility index (Phi) is 3.06. The van der Waals surface area contributed by atoms with E-state index in [1.807, 2.05) is 0 Å². The molecular weight excluding hydrogens is 226 g/mol. The number of hydrogen-bond acceptors (Lipinski definition) is 6. The summed E-state index contributed by atoms with van der Waals surface area (Å²) in [4.78, 5) is 15.7. The summed E-state index contributed by atoms with van der Waals surface area (Å²) in [5.41, 5.74) is 0. The van der Waals surface area contributed by atoms with Crippen LogP contribution in [0.15, 0.2) is 24.4 Å². The quantitative estimate of drug-likeness (QED) is 0.836. The lowest BCUT2D eigenvalue weighted by Crippen LogP contribution is -2.12. The maximum atomic E-state index is 11.7. The molecule has 7 heteroatoms. The molecule has 0 aliphatic heterocycles. The number of amides is 1. The van der Waals surface area contributed by atoms with Gasteiger partial charge in [0.05, 0.1) is 0 Å². The van der Waals surface area contributed by atoms with E-state index in [1.54, 1.807) is 31.4 Å². The Labute approximate surface area is 95.7 Å². The predicted octanol–water partition coefficient (Wildman–Crippen LogP) is 1.23. The highest BCUT2D eigenvalue weighted by Crippen LogP contribution is 2.15. The highest BCUT2D eigenvalue weighted by molar-refractivity contribution is 7.17. The zero-order valence-corrected chi connectivity index (χ0v) is 9.28. The molecule has 2 aromatic rings. The Morgan fingerprint density at radius 2 is 2.25 bits per heavy atom. The fourth-order valence-electron chi connectivity index (χ4n) is 1.02. The average Bonchev–Trinajstić information content (AvgIpc) is 2.79. The van der Waals surface area contributed by atoms with E-state index in [0.29, 0.717) is 16.0 Å². The molecule has 0 spiro atoms. The van der Waals surface area contributed by atoms with Crippen LogP contribution in [0.3, 0.4) is 0 Å². The van der Waals surface area contributed by atoms with Crippen molar-refractivity contribution in [2.24, 2.45) is 0 Å². The second kappa shape index (κ2) is 4.67. The summed E-state index contributed by atoms with van der Waals surface area (Å²) < 4.78 is 0. The molecule has 16 heavy (non-hydrogen) atoms. The number of rotatable bonds is 3. The maximum absolute atomic E-state index is 11.7. The summed E-state index contributed by atoms with van der Waals surface area (Å²) in [7, 11) is 1.72. The lowest BCUT2D eigenvalue weighted by atomic mass is 10.4. The molecule has 0 saturated carbocycles. The minimum Gasteiger partial charge on any atom is -0.363 e. The predicted molar refractivity (Wildman–Crippen MR) is 61.6 cm³/mol. The second-order valence-corrected chi connectivity index (χ2v) is 3.81. The molecule has 2 aromatic heterocycles. The number of aromatic nitrogens is 3. The van der Waals surface area contributed by atoms with Crippen molar-refractivity contribution >= 4 is 28.2 Å². The van der Waals surface area contributed by atoms with Crippen molar-refractivity contribution in [1.82, 2.24) is 15.2 Å². The van der Waals surface area contributed by atoms with Crippen molar-refractivity contribution in [1.29, 1.82) is 0 Å². The second-order valence-electron chi connectivity index (χ2n) is 2.83. The molecule has 0 fully saturated rings. The Morgan fingerprint density at radius 3 is 2.88 bits per heavy atom. The van der Waals surface area contributed by atoms with Crippen LogP contribution >= 0.6 is 11.3 Å². The van der Waals surface area contributed by atoms with Gasteiger partial charge in [0.15, 0.2) is 0 Å². The van der Waals surface area contributed by atoms with Crippen molar-refractivity contribution < 1.29 is 4.79 Å². The molecule has 0 saturated heterocycles. The maximum Gasteiger partial charge on any atom is 0.287 e. The fourth-order valence-corrected chi connectivity index (χ4v) is 1.61. The summed E-state index contributed by atoms with van der Waals surface area (Å²) in [6, 6.07) is 5.28. The van der Waals surface area contributed by atoms with Gasteiger partial charge in [-0.05, 0) is 12.1 Å². The summed E-state index contributed by atoms with van der Waals surface area (Å²) in [6.45, 7) is 0. The summed E-state index contributed by atoms with van der Waals surface area (Å²) >= 11 is 1.19. The monoisotopic (exact) mass is 235 g/mol. The number of nitrogens with one attached hydrogen (secondary N) is 2. The molecule has 2 rings (SSSR count). The SMILES string of the molecule is CNc1nnc(C(=O)Nc2ccccn2)s1. The van der Waals surface area contributed by atoms with Gasteiger partial charge < -0.3 is 10.6 Å². The minimum atomic E-state index is -0.308. The third kappa shape index (κ3) is 2.31. The third-order valence-electron chi connectivity index (χ3n) is 1.74. The molecule has 0 aromatic carbocycles. The van der Waals surface area contributed by atoms with Crippen LogP contribution in [0.5, 0.6) is 0 Å². The lowest BCUT2D eigenvalue weighted by molar-refractivity contribution is 0.102. The number of pyridine rings is 1. The zero-order valence-electron chi connectivity index (χ0n) is 8.47. The molecule has 2 N–H and O–H groups in total. The largest absolute Gasteiger partial charge is 0.363 e. The van der Waals surface area contributed by atoms with Crippen LogP contribution in [-0.4, -0.2) is 28.1 Å². The standard InChI is InChI=1S/C9H9N5OS/c1-10-9-14-13-8(16-9)7(15)12-6-4-2-3-5-11-6/h2-5H,1H3,(H,10,14)(H,11,12,15). The van der Waals surface area contributed by atoms with Crippen molar-refractivity contribution in [3.8, 4) is 0 Å². The third-order valence-corrected chi connectivity index (χ3v) is 2.68. The van der Waals surface area contributed by atoms with Gasteiger partial charge >= 0.3 is 0 Å². The van der Waals surface area contributed by atoms with Gasteiger partial charge in [-0.2, -0.15) is 0 Å². The first kappa shape index (κ1) is 10.5. The topological polar surface area (TPSA) is 79.8 Å². The number of anilines is 2. The van der Waals surface area contributed by atoms with E-state index in [0.717, 1.165) is 0 Å². The van der Waals surface area contributed by atoms with Crippen molar-refractivity contribution in [3.63, 3.8) is 0 Å². The van der Waals surface area contributed by atoms with Gasteiger partial charge in [0.1, 0.15) is 5.82 Å². The average molecular weight is 235 g/mol. The first-order valence-electron chi connectivity index (χ1n) is 4.53. The molecule has 0 atom stereocenters. The highest BCUT2D eigenvalue weighted by atomic mass is 32.1. The molecule has 0 unspecified atom stereocenters. The van der Waals surface area contributed by atoms with Crippen LogP contribution in [0.1, 0.15) is 9.80 Å². The number of hydrogen-bond donors (Lipinski definition) is 2. The molecule has 0 bridgehead atoms. The van der Waals surface area contributed by atoms with Crippen molar-refractivity contribution in [3.05, 3.63) is 29.4 Å². The van der Waals surface area contributed by atoms with Crippen LogP contribution in [0.25, 0.3) is 0 Å². The highest BCUT2D eigenvalue weighted by Gasteiger charge is 2.12. The van der Waals surface area contributed by atoms with Gasteiger partial charge in [0.2, 0.25) is 10.1 Å². The molecule has 6 nitrogen and oxygen atoms in total. The van der Waals surface area contributed by atoms with Gasteiger partial charge in [-0.1, -0.05) is 17.4 Å². The molecule has 0 aliphatic carbocycles. The van der Waals surface area contributed by atoms with Gasteiger partial charge in [0, 0.05) is 13.2 Å². The van der Waals surface area contributed by atoms with E-state index >= 15 is 0 Å². The van der Waals surface area contributed by atoms with E-state index in [-0.39, 0.29) is 5.91 Å². The Bertz CT molecular complexity index is 484. The fraction of sp³-hybridized carbons (Fsp3) is 0.111. The molecule has 0 aliphatic rings. The van der Waals surface area contributed by atoms with Crippen molar-refractivity contribution in [2.45, 2.75) is 0 Å². The van der Waals surface area contributed by atoms with Gasteiger partial charge in [0.25, 0.3) is 5.91 Å². The van der Waals surface area contributed by atoms with Crippen molar-refractivity contribution in [2.75, 3.05) is 17.7 Å². The van der Waals surface area contributed by atoms with Crippen LogP contribution in [0.2, 0.25) is 0 Å². The molecule has 0 radical (unpaired) electrons. The molecule has 1 amide bonds. The summed E-state index contributed by atoms with van der Waals surface area (Å²) in [6.07, 6.45) is 1.61. The summed E-state index contributed by atoms with van der Waals surface area (Å²) in [5, 5.41) is 13.9. The lowest BCUT2D eigenvalue weighted by Gasteiger charge is -1.99. The molecular formula is C9H9N5OS. The van der Waals surface area contributed by atoms with Crippen LogP contribution in [0, 0.1) is 0 Å². The summed E-state index contributed by atoms with van der Waals surface area (Å²) in [5.74, 6) is 0.186. The molecule has 82 valence electrons. The van der Waals surface area contributed by atoms with Gasteiger partial charge in [-0.3, -0.25) is 4.79 Å². The number of carbonyl (C=O) groups excluding carboxylic acids is 1. The number of carbonyl (C=O) groups is 1. The normalized spacial score (nSPS) is 9.81. The van der Waals surface area contributed by atoms with Crippen LogP contribution in [0.4, 0.5) is 10.9 Å².